The van der Waals surface area contributed by atoms with Crippen LogP contribution < -0.4 is 14.2 Å². The molecule has 110 valence electrons. The van der Waals surface area contributed by atoms with Crippen LogP contribution in [0.4, 0.5) is 0 Å². The second-order valence-electron chi connectivity index (χ2n) is 4.81. The van der Waals surface area contributed by atoms with Crippen molar-refractivity contribution in [2.75, 3.05) is 21.3 Å². The zero-order chi connectivity index (χ0) is 14.5. The molecule has 1 N–H and O–H groups in total. The molecular formula is C15H21NO4. The van der Waals surface area contributed by atoms with Gasteiger partial charge < -0.3 is 19.4 Å². The summed E-state index contributed by atoms with van der Waals surface area (Å²) in [5.41, 5.74) is 1.79. The minimum absolute atomic E-state index is 0.0727. The molecule has 0 bridgehead atoms. The fraction of sp³-hybridized carbons (Fsp3) is 0.533. The molecule has 1 aliphatic rings. The highest BCUT2D eigenvalue weighted by Crippen LogP contribution is 2.45. The molecule has 5 nitrogen and oxygen atoms in total. The van der Waals surface area contributed by atoms with Crippen molar-refractivity contribution in [3.05, 3.63) is 17.7 Å². The Balaban J connectivity index is 2.50. The summed E-state index contributed by atoms with van der Waals surface area (Å²) in [6.07, 6.45) is 3.94. The van der Waals surface area contributed by atoms with E-state index >= 15 is 0 Å². The van der Waals surface area contributed by atoms with E-state index in [4.69, 9.17) is 14.2 Å². The molecule has 0 amide bonds. The van der Waals surface area contributed by atoms with Crippen LogP contribution in [0, 0.1) is 0 Å². The molecule has 1 fully saturated rings. The maximum atomic E-state index is 9.20. The van der Waals surface area contributed by atoms with Gasteiger partial charge in [0.1, 0.15) is 0 Å². The monoisotopic (exact) mass is 279 g/mol. The zero-order valence-electron chi connectivity index (χ0n) is 12.2. The van der Waals surface area contributed by atoms with E-state index in [1.54, 1.807) is 21.3 Å². The molecule has 2 rings (SSSR count). The summed E-state index contributed by atoms with van der Waals surface area (Å²) in [5, 5.41) is 12.7. The van der Waals surface area contributed by atoms with Gasteiger partial charge in [-0.3, -0.25) is 0 Å². The fourth-order valence-corrected chi connectivity index (χ4v) is 2.85. The van der Waals surface area contributed by atoms with Crippen LogP contribution >= 0.6 is 0 Å². The normalized spacial score (nSPS) is 20.8. The Morgan fingerprint density at radius 3 is 2.40 bits per heavy atom. The minimum atomic E-state index is 0.0727. The first-order valence-electron chi connectivity index (χ1n) is 6.76. The van der Waals surface area contributed by atoms with E-state index in [1.165, 1.54) is 0 Å². The third kappa shape index (κ3) is 2.53. The van der Waals surface area contributed by atoms with Crippen molar-refractivity contribution in [3.63, 3.8) is 0 Å². The summed E-state index contributed by atoms with van der Waals surface area (Å²) in [6, 6.07) is 3.82. The van der Waals surface area contributed by atoms with Gasteiger partial charge in [0.15, 0.2) is 11.5 Å². The van der Waals surface area contributed by atoms with Crippen molar-refractivity contribution in [1.82, 2.24) is 0 Å². The summed E-state index contributed by atoms with van der Waals surface area (Å²) in [7, 11) is 4.80. The first-order valence-corrected chi connectivity index (χ1v) is 6.76. The molecule has 0 aliphatic heterocycles. The van der Waals surface area contributed by atoms with Gasteiger partial charge in [-0.2, -0.15) is 0 Å². The Bertz CT molecular complexity index is 499. The molecule has 1 atom stereocenters. The van der Waals surface area contributed by atoms with Gasteiger partial charge in [-0.25, -0.2) is 0 Å². The van der Waals surface area contributed by atoms with Crippen molar-refractivity contribution in [3.8, 4) is 17.2 Å². The average Bonchev–Trinajstić information content (AvgIpc) is 2.53. The van der Waals surface area contributed by atoms with Gasteiger partial charge in [-0.05, 0) is 25.3 Å². The number of ether oxygens (including phenoxy) is 3. The molecule has 1 aromatic carbocycles. The molecule has 0 saturated heterocycles. The summed E-state index contributed by atoms with van der Waals surface area (Å²) < 4.78 is 16.2. The predicted octanol–water partition coefficient (Wildman–Crippen LogP) is 3.20. The van der Waals surface area contributed by atoms with Crippen molar-refractivity contribution in [2.45, 2.75) is 31.6 Å². The van der Waals surface area contributed by atoms with E-state index in [-0.39, 0.29) is 5.92 Å². The summed E-state index contributed by atoms with van der Waals surface area (Å²) in [4.78, 5) is 0. The predicted molar refractivity (Wildman–Crippen MR) is 76.5 cm³/mol. The second kappa shape index (κ2) is 6.50. The molecule has 1 aromatic rings. The molecule has 1 aliphatic carbocycles. The van der Waals surface area contributed by atoms with E-state index in [1.807, 2.05) is 12.1 Å². The lowest BCUT2D eigenvalue weighted by Gasteiger charge is -2.26. The van der Waals surface area contributed by atoms with Gasteiger partial charge in [0.25, 0.3) is 0 Å². The Morgan fingerprint density at radius 1 is 1.05 bits per heavy atom. The van der Waals surface area contributed by atoms with E-state index < -0.39 is 0 Å². The first-order chi connectivity index (χ1) is 9.76. The molecule has 0 radical (unpaired) electrons. The minimum Gasteiger partial charge on any atom is -0.493 e. The van der Waals surface area contributed by atoms with Gasteiger partial charge in [0.05, 0.1) is 27.0 Å². The SMILES string of the molecule is COc1ccc(C2CCCCC2=NO)c(OC)c1OC. The smallest absolute Gasteiger partial charge is 0.203 e. The molecule has 0 heterocycles. The fourth-order valence-electron chi connectivity index (χ4n) is 2.85. The van der Waals surface area contributed by atoms with Crippen LogP contribution in [0.25, 0.3) is 0 Å². The van der Waals surface area contributed by atoms with Crippen LogP contribution in [0.15, 0.2) is 17.3 Å². The van der Waals surface area contributed by atoms with E-state index in [0.29, 0.717) is 17.2 Å². The lowest BCUT2D eigenvalue weighted by molar-refractivity contribution is 0.310. The largest absolute Gasteiger partial charge is 0.493 e. The number of oxime groups is 1. The van der Waals surface area contributed by atoms with Gasteiger partial charge in [-0.15, -0.1) is 0 Å². The molecule has 5 heteroatoms. The van der Waals surface area contributed by atoms with Gasteiger partial charge in [0, 0.05) is 11.5 Å². The van der Waals surface area contributed by atoms with Crippen molar-refractivity contribution in [1.29, 1.82) is 0 Å². The zero-order valence-corrected chi connectivity index (χ0v) is 12.2. The van der Waals surface area contributed by atoms with Crippen molar-refractivity contribution in [2.24, 2.45) is 5.16 Å². The highest BCUT2D eigenvalue weighted by molar-refractivity contribution is 5.92. The first kappa shape index (κ1) is 14.5. The van der Waals surface area contributed by atoms with Crippen LogP contribution in [0.5, 0.6) is 17.2 Å². The van der Waals surface area contributed by atoms with Gasteiger partial charge in [-0.1, -0.05) is 17.6 Å². The number of rotatable bonds is 4. The highest BCUT2D eigenvalue weighted by atomic mass is 16.5. The van der Waals surface area contributed by atoms with Gasteiger partial charge >= 0.3 is 0 Å². The topological polar surface area (TPSA) is 60.3 Å². The van der Waals surface area contributed by atoms with E-state index in [2.05, 4.69) is 5.16 Å². The van der Waals surface area contributed by atoms with Crippen LogP contribution in [-0.4, -0.2) is 32.2 Å². The van der Waals surface area contributed by atoms with Crippen molar-refractivity contribution < 1.29 is 19.4 Å². The van der Waals surface area contributed by atoms with Crippen LogP contribution in [0.1, 0.15) is 37.2 Å². The summed E-state index contributed by atoms with van der Waals surface area (Å²) >= 11 is 0. The van der Waals surface area contributed by atoms with E-state index in [9.17, 15) is 5.21 Å². The molecular weight excluding hydrogens is 258 g/mol. The van der Waals surface area contributed by atoms with Crippen molar-refractivity contribution >= 4 is 5.71 Å². The molecule has 20 heavy (non-hydrogen) atoms. The Hall–Kier alpha value is -1.91. The molecule has 0 spiro atoms. The maximum Gasteiger partial charge on any atom is 0.203 e. The number of hydrogen-bond donors (Lipinski definition) is 1. The number of methoxy groups -OCH3 is 3. The standard InChI is InChI=1S/C15H21NO4/c1-18-13-9-8-11(14(19-2)15(13)20-3)10-6-4-5-7-12(10)16-17/h8-10,17H,4-7H2,1-3H3. The van der Waals surface area contributed by atoms with Crippen LogP contribution in [-0.2, 0) is 0 Å². The third-order valence-corrected chi connectivity index (χ3v) is 3.82. The summed E-state index contributed by atoms with van der Waals surface area (Å²) in [6.45, 7) is 0. The van der Waals surface area contributed by atoms with Crippen LogP contribution in [0.2, 0.25) is 0 Å². The Kier molecular flexibility index (Phi) is 4.71. The van der Waals surface area contributed by atoms with Crippen LogP contribution in [0.3, 0.4) is 0 Å². The lowest BCUT2D eigenvalue weighted by atomic mass is 9.82. The molecule has 1 unspecified atom stereocenters. The third-order valence-electron chi connectivity index (χ3n) is 3.82. The lowest BCUT2D eigenvalue weighted by Crippen LogP contribution is -2.18. The Morgan fingerprint density at radius 2 is 1.80 bits per heavy atom. The average molecular weight is 279 g/mol. The quantitative estimate of drug-likeness (QED) is 0.679. The number of benzene rings is 1. The summed E-state index contributed by atoms with van der Waals surface area (Å²) in [5.74, 6) is 1.94. The maximum absolute atomic E-state index is 9.20. The second-order valence-corrected chi connectivity index (χ2v) is 4.81. The molecule has 1 saturated carbocycles. The van der Waals surface area contributed by atoms with Gasteiger partial charge in [0.2, 0.25) is 5.75 Å². The number of nitrogens with zero attached hydrogens (tertiary/aromatic N) is 1. The number of hydrogen-bond acceptors (Lipinski definition) is 5. The molecule has 0 aromatic heterocycles. The highest BCUT2D eigenvalue weighted by Gasteiger charge is 2.28. The van der Waals surface area contributed by atoms with E-state index in [0.717, 1.165) is 37.0 Å². The Labute approximate surface area is 119 Å².